The molecular weight excluding hydrogens is 310 g/mol. The molecule has 2 bridgehead atoms. The number of rotatable bonds is 4. The average Bonchev–Trinajstić information content (AvgIpc) is 2.85. The highest BCUT2D eigenvalue weighted by molar-refractivity contribution is 6.04. The molecule has 6 nitrogen and oxygen atoms in total. The summed E-state index contributed by atoms with van der Waals surface area (Å²) < 4.78 is 16.1. The zero-order valence-electron chi connectivity index (χ0n) is 14.7. The quantitative estimate of drug-likeness (QED) is 0.858. The number of hydrogen-bond acceptors (Lipinski definition) is 5. The van der Waals surface area contributed by atoms with Crippen molar-refractivity contribution >= 4 is 17.6 Å². The second kappa shape index (κ2) is 5.13. The molecule has 1 aromatic carbocycles. The van der Waals surface area contributed by atoms with Gasteiger partial charge in [-0.2, -0.15) is 0 Å². The van der Waals surface area contributed by atoms with Gasteiger partial charge in [0.25, 0.3) is 5.91 Å². The fourth-order valence-electron chi connectivity index (χ4n) is 3.87. The third kappa shape index (κ3) is 1.88. The van der Waals surface area contributed by atoms with Gasteiger partial charge >= 0.3 is 5.97 Å². The lowest BCUT2D eigenvalue weighted by molar-refractivity contribution is -0.165. The van der Waals surface area contributed by atoms with Gasteiger partial charge in [-0.1, -0.05) is 13.8 Å². The van der Waals surface area contributed by atoms with Crippen LogP contribution in [0.3, 0.4) is 0 Å². The lowest BCUT2D eigenvalue weighted by Crippen LogP contribution is -2.50. The summed E-state index contributed by atoms with van der Waals surface area (Å²) >= 11 is 0. The largest absolute Gasteiger partial charge is 0.497 e. The highest BCUT2D eigenvalue weighted by Gasteiger charge is 2.75. The molecule has 24 heavy (non-hydrogen) atoms. The van der Waals surface area contributed by atoms with Crippen molar-refractivity contribution in [3.05, 3.63) is 18.2 Å². The first-order valence-electron chi connectivity index (χ1n) is 7.99. The summed E-state index contributed by atoms with van der Waals surface area (Å²) in [4.78, 5) is 25.3. The van der Waals surface area contributed by atoms with Crippen LogP contribution >= 0.6 is 0 Å². The molecule has 0 radical (unpaired) electrons. The van der Waals surface area contributed by atoms with Crippen LogP contribution < -0.4 is 14.8 Å². The van der Waals surface area contributed by atoms with Crippen LogP contribution in [0.5, 0.6) is 11.5 Å². The van der Waals surface area contributed by atoms with E-state index in [2.05, 4.69) is 5.32 Å². The average molecular weight is 333 g/mol. The minimum absolute atomic E-state index is 0.296. The zero-order valence-corrected chi connectivity index (χ0v) is 14.7. The van der Waals surface area contributed by atoms with Crippen molar-refractivity contribution in [1.82, 2.24) is 0 Å². The Labute approximate surface area is 141 Å². The van der Waals surface area contributed by atoms with Gasteiger partial charge in [-0.25, -0.2) is 0 Å². The van der Waals surface area contributed by atoms with Crippen LogP contribution in [0, 0.1) is 10.8 Å². The van der Waals surface area contributed by atoms with E-state index >= 15 is 0 Å². The number of ether oxygens (including phenoxy) is 3. The summed E-state index contributed by atoms with van der Waals surface area (Å²) in [5.41, 5.74) is -1.84. The molecule has 3 rings (SSSR count). The van der Waals surface area contributed by atoms with Crippen molar-refractivity contribution in [3.8, 4) is 11.5 Å². The van der Waals surface area contributed by atoms with E-state index in [0.29, 0.717) is 30.0 Å². The maximum absolute atomic E-state index is 13.0. The molecule has 1 aliphatic heterocycles. The number of amides is 1. The van der Waals surface area contributed by atoms with Crippen molar-refractivity contribution in [3.63, 3.8) is 0 Å². The van der Waals surface area contributed by atoms with Crippen molar-refractivity contribution in [1.29, 1.82) is 0 Å². The Kier molecular flexibility index (Phi) is 3.55. The van der Waals surface area contributed by atoms with Crippen molar-refractivity contribution in [2.75, 3.05) is 19.5 Å². The van der Waals surface area contributed by atoms with Crippen LogP contribution in [-0.4, -0.2) is 31.7 Å². The number of carbonyl (C=O) groups is 2. The molecular formula is C18H23NO5. The van der Waals surface area contributed by atoms with Gasteiger partial charge in [0.1, 0.15) is 11.5 Å². The molecule has 130 valence electrons. The Balaban J connectivity index is 1.93. The normalized spacial score (nSPS) is 30.0. The molecule has 2 atom stereocenters. The van der Waals surface area contributed by atoms with E-state index in [4.69, 9.17) is 14.2 Å². The zero-order chi connectivity index (χ0) is 17.8. The van der Waals surface area contributed by atoms with Crippen molar-refractivity contribution < 1.29 is 23.8 Å². The van der Waals surface area contributed by atoms with Gasteiger partial charge in [0.05, 0.1) is 25.3 Å². The fraction of sp³-hybridized carbons (Fsp3) is 0.556. The van der Waals surface area contributed by atoms with E-state index < -0.39 is 16.4 Å². The summed E-state index contributed by atoms with van der Waals surface area (Å²) in [6.45, 7) is 5.73. The third-order valence-electron chi connectivity index (χ3n) is 6.11. The highest BCUT2D eigenvalue weighted by atomic mass is 16.6. The first-order valence-corrected chi connectivity index (χ1v) is 7.99. The molecule has 0 spiro atoms. The summed E-state index contributed by atoms with van der Waals surface area (Å²) in [6.07, 6.45) is 1.17. The summed E-state index contributed by atoms with van der Waals surface area (Å²) in [5.74, 6) is 0.507. The van der Waals surface area contributed by atoms with Gasteiger partial charge in [-0.3, -0.25) is 9.59 Å². The van der Waals surface area contributed by atoms with Gasteiger partial charge in [-0.15, -0.1) is 0 Å². The number of methoxy groups -OCH3 is 2. The topological polar surface area (TPSA) is 73.9 Å². The van der Waals surface area contributed by atoms with E-state index in [-0.39, 0.29) is 11.9 Å². The van der Waals surface area contributed by atoms with Crippen molar-refractivity contribution in [2.24, 2.45) is 10.8 Å². The first-order chi connectivity index (χ1) is 11.2. The Morgan fingerprint density at radius 3 is 2.38 bits per heavy atom. The van der Waals surface area contributed by atoms with Gasteiger partial charge in [-0.05, 0) is 31.9 Å². The van der Waals surface area contributed by atoms with Gasteiger partial charge in [0, 0.05) is 11.5 Å². The minimum atomic E-state index is -1.15. The van der Waals surface area contributed by atoms with E-state index in [0.717, 1.165) is 0 Å². The molecule has 1 aliphatic carbocycles. The first kappa shape index (κ1) is 16.6. The number of carbonyl (C=O) groups excluding carboxylic acids is 2. The number of nitrogens with one attached hydrogen (secondary N) is 1. The Morgan fingerprint density at radius 2 is 1.88 bits per heavy atom. The molecule has 2 aliphatic rings. The molecule has 1 saturated heterocycles. The Morgan fingerprint density at radius 1 is 1.17 bits per heavy atom. The number of anilines is 1. The molecule has 1 N–H and O–H groups in total. The van der Waals surface area contributed by atoms with Crippen LogP contribution in [0.1, 0.15) is 33.6 Å². The fourth-order valence-corrected chi connectivity index (χ4v) is 3.87. The predicted octanol–water partition coefficient (Wildman–Crippen LogP) is 2.76. The van der Waals surface area contributed by atoms with E-state index in [1.807, 2.05) is 20.8 Å². The van der Waals surface area contributed by atoms with Gasteiger partial charge in [0.15, 0.2) is 5.60 Å². The molecule has 2 fully saturated rings. The maximum Gasteiger partial charge on any atom is 0.313 e. The Bertz CT molecular complexity index is 713. The van der Waals surface area contributed by atoms with Gasteiger partial charge in [0.2, 0.25) is 0 Å². The monoisotopic (exact) mass is 333 g/mol. The molecule has 1 aromatic rings. The lowest BCUT2D eigenvalue weighted by Gasteiger charge is -2.35. The maximum atomic E-state index is 13.0. The van der Waals surface area contributed by atoms with Crippen LogP contribution in [0.25, 0.3) is 0 Å². The predicted molar refractivity (Wildman–Crippen MR) is 88.1 cm³/mol. The third-order valence-corrected chi connectivity index (χ3v) is 6.11. The number of benzene rings is 1. The van der Waals surface area contributed by atoms with Crippen molar-refractivity contribution in [2.45, 2.75) is 39.2 Å². The Hall–Kier alpha value is -2.24. The standard InChI is InChI=1S/C18H23NO5/c1-16(2)17(3)8-9-18(16,24-15(17)21)14(20)19-12-7-6-11(22-4)10-13(12)23-5/h6-7,10H,8-9H2,1-5H3,(H,19,20). The van der Waals surface area contributed by atoms with E-state index in [1.54, 1.807) is 25.3 Å². The smallest absolute Gasteiger partial charge is 0.313 e. The molecule has 1 saturated carbocycles. The molecule has 2 unspecified atom stereocenters. The minimum Gasteiger partial charge on any atom is -0.497 e. The van der Waals surface area contributed by atoms with Crippen LogP contribution in [-0.2, 0) is 14.3 Å². The molecule has 6 heteroatoms. The van der Waals surface area contributed by atoms with Crippen LogP contribution in [0.15, 0.2) is 18.2 Å². The second-order valence-electron chi connectivity index (χ2n) is 7.19. The summed E-state index contributed by atoms with van der Waals surface area (Å²) in [5, 5.41) is 2.87. The highest BCUT2D eigenvalue weighted by Crippen LogP contribution is 2.65. The van der Waals surface area contributed by atoms with E-state index in [1.165, 1.54) is 7.11 Å². The van der Waals surface area contributed by atoms with Gasteiger partial charge < -0.3 is 19.5 Å². The molecule has 0 aromatic heterocycles. The molecule has 1 amide bonds. The van der Waals surface area contributed by atoms with E-state index in [9.17, 15) is 9.59 Å². The summed E-state index contributed by atoms with van der Waals surface area (Å²) in [6, 6.07) is 5.14. The number of fused-ring (bicyclic) bond motifs is 2. The number of hydrogen-bond donors (Lipinski definition) is 1. The van der Waals surface area contributed by atoms with Crippen LogP contribution in [0.2, 0.25) is 0 Å². The van der Waals surface area contributed by atoms with Crippen LogP contribution in [0.4, 0.5) is 5.69 Å². The second-order valence-corrected chi connectivity index (χ2v) is 7.19. The SMILES string of the molecule is COc1ccc(NC(=O)C23CCC(C)(C(=O)O2)C3(C)C)c(OC)c1. The number of esters is 1. The molecule has 1 heterocycles. The summed E-state index contributed by atoms with van der Waals surface area (Å²) in [7, 11) is 3.08. The lowest BCUT2D eigenvalue weighted by atomic mass is 9.66.